The van der Waals surface area contributed by atoms with Crippen molar-refractivity contribution in [3.8, 4) is 0 Å². The minimum absolute atomic E-state index is 0.0359. The molecule has 4 nitrogen and oxygen atoms in total. The van der Waals surface area contributed by atoms with Gasteiger partial charge in [0.2, 0.25) is 5.78 Å². The van der Waals surface area contributed by atoms with Crippen LogP contribution >= 0.6 is 0 Å². The number of hydrogen-bond acceptors (Lipinski definition) is 4. The van der Waals surface area contributed by atoms with Crippen molar-refractivity contribution in [1.82, 2.24) is 0 Å². The number of esters is 1. The average molecular weight is 312 g/mol. The molecule has 1 fully saturated rings. The van der Waals surface area contributed by atoms with E-state index in [1.54, 1.807) is 24.3 Å². The van der Waals surface area contributed by atoms with Gasteiger partial charge >= 0.3 is 5.97 Å². The molecule has 1 aromatic carbocycles. The fourth-order valence-electron chi connectivity index (χ4n) is 3.14. The van der Waals surface area contributed by atoms with E-state index >= 15 is 0 Å². The first-order valence-corrected chi connectivity index (χ1v) is 7.70. The monoisotopic (exact) mass is 312 g/mol. The van der Waals surface area contributed by atoms with E-state index < -0.39 is 23.3 Å². The normalized spacial score (nSPS) is 32.4. The van der Waals surface area contributed by atoms with Crippen LogP contribution < -0.4 is 0 Å². The molecule has 0 aromatic heterocycles. The first kappa shape index (κ1) is 15.7. The second kappa shape index (κ2) is 5.17. The zero-order valence-electron chi connectivity index (χ0n) is 13.5. The van der Waals surface area contributed by atoms with Crippen molar-refractivity contribution in [2.24, 2.45) is 5.92 Å². The molecule has 0 saturated carbocycles. The summed E-state index contributed by atoms with van der Waals surface area (Å²) >= 11 is 0. The highest BCUT2D eigenvalue weighted by Crippen LogP contribution is 2.48. The third-order valence-corrected chi connectivity index (χ3v) is 4.73. The molecule has 3 atom stereocenters. The molecule has 3 rings (SSSR count). The van der Waals surface area contributed by atoms with Crippen LogP contribution in [0.1, 0.15) is 31.1 Å². The van der Waals surface area contributed by atoms with E-state index in [0.29, 0.717) is 11.1 Å². The van der Waals surface area contributed by atoms with Crippen LogP contribution in [0.25, 0.3) is 0 Å². The molecule has 0 spiro atoms. The Morgan fingerprint density at radius 3 is 2.52 bits per heavy atom. The predicted molar refractivity (Wildman–Crippen MR) is 86.0 cm³/mol. The Labute approximate surface area is 135 Å². The zero-order valence-corrected chi connectivity index (χ0v) is 13.5. The highest BCUT2D eigenvalue weighted by Gasteiger charge is 2.60. The standard InChI is InChI=1S/C19H20O4/c1-12(2)19-11-10-18(4,23-19)13(3)15(20)16(19)22-17(21)14-8-6-5-7-9-14/h5-12,16H,3H2,1-2,4H3/t16-,18-,19-/m1/s1. The fourth-order valence-corrected chi connectivity index (χ4v) is 3.14. The van der Waals surface area contributed by atoms with E-state index in [0.717, 1.165) is 0 Å². The molecule has 2 aliphatic heterocycles. The topological polar surface area (TPSA) is 52.6 Å². The molecule has 23 heavy (non-hydrogen) atoms. The van der Waals surface area contributed by atoms with Gasteiger partial charge in [0.25, 0.3) is 0 Å². The Bertz CT molecular complexity index is 703. The Morgan fingerprint density at radius 2 is 1.91 bits per heavy atom. The Hall–Kier alpha value is -2.20. The third kappa shape index (κ3) is 2.25. The Morgan fingerprint density at radius 1 is 1.26 bits per heavy atom. The van der Waals surface area contributed by atoms with Gasteiger partial charge in [0.15, 0.2) is 6.10 Å². The Balaban J connectivity index is 1.96. The van der Waals surface area contributed by atoms with Crippen molar-refractivity contribution >= 4 is 11.8 Å². The largest absolute Gasteiger partial charge is 0.447 e. The van der Waals surface area contributed by atoms with Gasteiger partial charge in [-0.05, 0) is 37.1 Å². The van der Waals surface area contributed by atoms with Gasteiger partial charge in [0, 0.05) is 5.57 Å². The number of ketones is 1. The van der Waals surface area contributed by atoms with Crippen LogP contribution in [0.15, 0.2) is 54.6 Å². The summed E-state index contributed by atoms with van der Waals surface area (Å²) in [5, 5.41) is 0. The number of hydrogen-bond donors (Lipinski definition) is 0. The van der Waals surface area contributed by atoms with Crippen LogP contribution in [0.2, 0.25) is 0 Å². The lowest BCUT2D eigenvalue weighted by Gasteiger charge is -2.45. The number of benzene rings is 1. The highest BCUT2D eigenvalue weighted by atomic mass is 16.6. The number of fused-ring (bicyclic) bond motifs is 2. The summed E-state index contributed by atoms with van der Waals surface area (Å²) in [7, 11) is 0. The van der Waals surface area contributed by atoms with Gasteiger partial charge in [-0.1, -0.05) is 38.6 Å². The van der Waals surface area contributed by atoms with E-state index in [-0.39, 0.29) is 11.7 Å². The maximum atomic E-state index is 12.8. The van der Waals surface area contributed by atoms with Crippen molar-refractivity contribution in [2.45, 2.75) is 38.1 Å². The summed E-state index contributed by atoms with van der Waals surface area (Å²) in [5.74, 6) is -0.850. The summed E-state index contributed by atoms with van der Waals surface area (Å²) < 4.78 is 11.7. The molecule has 1 saturated heterocycles. The van der Waals surface area contributed by atoms with Crippen molar-refractivity contribution in [3.63, 3.8) is 0 Å². The SMILES string of the molecule is C=C1C(=O)[C@@H](OC(=O)c2ccccc2)[C@]2(C(C)C)C=C[C@@]1(C)O2. The maximum absolute atomic E-state index is 12.8. The molecule has 2 heterocycles. The maximum Gasteiger partial charge on any atom is 0.338 e. The number of carbonyl (C=O) groups is 2. The number of ether oxygens (including phenoxy) is 2. The van der Waals surface area contributed by atoms with E-state index in [4.69, 9.17) is 9.47 Å². The summed E-state index contributed by atoms with van der Waals surface area (Å²) in [5.41, 5.74) is -1.05. The van der Waals surface area contributed by atoms with Gasteiger partial charge in [-0.2, -0.15) is 0 Å². The lowest BCUT2D eigenvalue weighted by Crippen LogP contribution is -2.60. The second-order valence-corrected chi connectivity index (χ2v) is 6.54. The van der Waals surface area contributed by atoms with E-state index in [1.165, 1.54) is 0 Å². The number of carbonyl (C=O) groups excluding carboxylic acids is 2. The van der Waals surface area contributed by atoms with Crippen molar-refractivity contribution in [3.05, 3.63) is 60.2 Å². The molecule has 0 N–H and O–H groups in total. The van der Waals surface area contributed by atoms with E-state index in [2.05, 4.69) is 6.58 Å². The van der Waals surface area contributed by atoms with Gasteiger partial charge < -0.3 is 9.47 Å². The van der Waals surface area contributed by atoms with Crippen LogP contribution in [0, 0.1) is 5.92 Å². The first-order valence-electron chi connectivity index (χ1n) is 7.70. The quantitative estimate of drug-likeness (QED) is 0.489. The lowest BCUT2D eigenvalue weighted by atomic mass is 9.79. The van der Waals surface area contributed by atoms with Crippen LogP contribution in [-0.4, -0.2) is 29.1 Å². The van der Waals surface area contributed by atoms with Crippen LogP contribution in [0.4, 0.5) is 0 Å². The molecule has 120 valence electrons. The number of rotatable bonds is 3. The number of Topliss-reactive ketones (excluding diaryl/α,β-unsaturated/α-hetero) is 1. The molecule has 0 aliphatic carbocycles. The molecule has 0 amide bonds. The lowest BCUT2D eigenvalue weighted by molar-refractivity contribution is -0.179. The van der Waals surface area contributed by atoms with E-state index in [1.807, 2.05) is 39.0 Å². The molecule has 4 heteroatoms. The minimum Gasteiger partial charge on any atom is -0.447 e. The van der Waals surface area contributed by atoms with Crippen molar-refractivity contribution < 1.29 is 19.1 Å². The van der Waals surface area contributed by atoms with Crippen LogP contribution in [0.5, 0.6) is 0 Å². The molecular weight excluding hydrogens is 292 g/mol. The predicted octanol–water partition coefficient (Wildman–Crippen LogP) is 3.09. The average Bonchev–Trinajstić information content (AvgIpc) is 2.88. The molecule has 1 aromatic rings. The molecule has 0 radical (unpaired) electrons. The van der Waals surface area contributed by atoms with Crippen molar-refractivity contribution in [1.29, 1.82) is 0 Å². The van der Waals surface area contributed by atoms with E-state index in [9.17, 15) is 9.59 Å². The molecule has 2 aliphatic rings. The summed E-state index contributed by atoms with van der Waals surface area (Å²) in [6, 6.07) is 8.62. The zero-order chi connectivity index (χ0) is 16.8. The van der Waals surface area contributed by atoms with Gasteiger partial charge in [-0.15, -0.1) is 0 Å². The third-order valence-electron chi connectivity index (χ3n) is 4.73. The second-order valence-electron chi connectivity index (χ2n) is 6.54. The summed E-state index contributed by atoms with van der Waals surface area (Å²) in [6.45, 7) is 9.55. The minimum atomic E-state index is -1.02. The van der Waals surface area contributed by atoms with Gasteiger partial charge in [0.1, 0.15) is 11.2 Å². The molecule has 2 bridgehead atoms. The van der Waals surface area contributed by atoms with Gasteiger partial charge in [-0.25, -0.2) is 4.79 Å². The highest BCUT2D eigenvalue weighted by molar-refractivity contribution is 6.05. The first-order chi connectivity index (χ1) is 10.8. The smallest absolute Gasteiger partial charge is 0.338 e. The summed E-state index contributed by atoms with van der Waals surface area (Å²) in [6.07, 6.45) is 2.66. The molecular formula is C19H20O4. The van der Waals surface area contributed by atoms with Crippen LogP contribution in [-0.2, 0) is 14.3 Å². The molecule has 0 unspecified atom stereocenters. The fraction of sp³-hybridized carbons (Fsp3) is 0.368. The van der Waals surface area contributed by atoms with Crippen LogP contribution in [0.3, 0.4) is 0 Å². The van der Waals surface area contributed by atoms with Gasteiger partial charge in [0.05, 0.1) is 5.56 Å². The Kier molecular flexibility index (Phi) is 3.52. The summed E-state index contributed by atoms with van der Waals surface area (Å²) in [4.78, 5) is 25.2. The van der Waals surface area contributed by atoms with Crippen molar-refractivity contribution in [2.75, 3.05) is 0 Å². The van der Waals surface area contributed by atoms with Gasteiger partial charge in [-0.3, -0.25) is 4.79 Å².